The summed E-state index contributed by atoms with van der Waals surface area (Å²) in [7, 11) is 0. The minimum Gasteiger partial charge on any atom is -0.444 e. The van der Waals surface area contributed by atoms with Gasteiger partial charge in [-0.2, -0.15) is 4.98 Å². The second-order valence-corrected chi connectivity index (χ2v) is 34.4. The van der Waals surface area contributed by atoms with Crippen LogP contribution in [0.25, 0.3) is 33.4 Å². The van der Waals surface area contributed by atoms with Crippen LogP contribution in [-0.2, 0) is 9.47 Å². The smallest absolute Gasteiger partial charge is 0.410 e. The van der Waals surface area contributed by atoms with Crippen LogP contribution in [0, 0.1) is 0 Å². The molecule has 10 aromatic rings. The van der Waals surface area contributed by atoms with Gasteiger partial charge in [0.2, 0.25) is 0 Å². The summed E-state index contributed by atoms with van der Waals surface area (Å²) in [6.07, 6.45) is -0.560. The largest absolute Gasteiger partial charge is 0.444 e. The number of nitrogens with one attached hydrogen (secondary N) is 4. The van der Waals surface area contributed by atoms with Gasteiger partial charge in [0.1, 0.15) is 47.9 Å². The second-order valence-electron chi connectivity index (χ2n) is 30.6. The Labute approximate surface area is 739 Å². The first-order valence-corrected chi connectivity index (χ1v) is 41.3. The van der Waals surface area contributed by atoms with Crippen LogP contribution >= 0.6 is 116 Å². The number of benzene rings is 4. The molecule has 6 amide bonds. The number of pyridine rings is 4. The number of H-pyrrole nitrogens is 1. The SMILES string of the molecule is CC(C)c1ccccc1-n1c(=O)[nH]c(=O)c2cc(Cl)c(Cl)nc21.CC(C)c1ccccc1-n1c(=O)nc(N2CCN(C(=O)OC(C)(C)C)C[C@@H]2C)c2cc(Cl)c(Cl)nc21.CC(C)c1ccccc1N.CC(C)c1ccccc1NC(=O)NC(=O)c1cc(Cl)c(Cl)nc1Cl.C[C@H]1CN(C(=O)OC(C)(C)C)CCN1.NC(=O)c1cc(Cl)c(Cl)nc1Cl. The van der Waals surface area contributed by atoms with Gasteiger partial charge in [-0.05, 0) is 150 Å². The van der Waals surface area contributed by atoms with Gasteiger partial charge < -0.3 is 46.3 Å². The van der Waals surface area contributed by atoms with E-state index in [9.17, 15) is 38.4 Å². The lowest BCUT2D eigenvalue weighted by Gasteiger charge is -2.41. The molecule has 0 aliphatic carbocycles. The topological polar surface area (TPSA) is 343 Å². The number of nitrogens with two attached hydrogens (primary N) is 2. The van der Waals surface area contributed by atoms with Crippen LogP contribution in [0.5, 0.6) is 0 Å². The Kier molecular flexibility index (Phi) is 35.0. The summed E-state index contributed by atoms with van der Waals surface area (Å²) >= 11 is 58.6. The molecule has 26 nitrogen and oxygen atoms in total. The molecule has 2 aliphatic rings. The van der Waals surface area contributed by atoms with Crippen molar-refractivity contribution < 1.29 is 33.4 Å². The molecule has 119 heavy (non-hydrogen) atoms. The number of imide groups is 1. The number of amides is 6. The zero-order chi connectivity index (χ0) is 88.6. The molecule has 36 heteroatoms. The first-order chi connectivity index (χ1) is 55.7. The third-order valence-corrected chi connectivity index (χ3v) is 21.0. The lowest BCUT2D eigenvalue weighted by Crippen LogP contribution is -2.55. The number of nitrogens with zero attached hydrogens (tertiary/aromatic N) is 10. The van der Waals surface area contributed by atoms with E-state index in [1.54, 1.807) is 34.1 Å². The van der Waals surface area contributed by atoms with E-state index >= 15 is 0 Å². The average Bonchev–Trinajstić information content (AvgIpc) is 0.750. The quantitative estimate of drug-likeness (QED) is 0.0547. The van der Waals surface area contributed by atoms with Crippen LogP contribution in [0.15, 0.2) is 136 Å². The molecule has 2 fully saturated rings. The van der Waals surface area contributed by atoms with Gasteiger partial charge in [0.15, 0.2) is 11.3 Å². The molecule has 636 valence electrons. The molecule has 0 radical (unpaired) electrons. The van der Waals surface area contributed by atoms with Crippen LogP contribution in [-0.4, -0.2) is 141 Å². The van der Waals surface area contributed by atoms with Crippen LogP contribution < -0.4 is 49.3 Å². The minimum atomic E-state index is -0.731. The normalized spacial score (nSPS) is 14.0. The zero-order valence-corrected chi connectivity index (χ0v) is 75.8. The van der Waals surface area contributed by atoms with E-state index in [4.69, 9.17) is 137 Å². The number of piperazine rings is 2. The van der Waals surface area contributed by atoms with E-state index in [0.717, 1.165) is 42.0 Å². The van der Waals surface area contributed by atoms with E-state index in [-0.39, 0.29) is 109 Å². The van der Waals surface area contributed by atoms with E-state index < -0.39 is 46.0 Å². The molecule has 2 atom stereocenters. The van der Waals surface area contributed by atoms with Gasteiger partial charge in [0.05, 0.1) is 53.4 Å². The Balaban J connectivity index is 0.000000208. The third-order valence-electron chi connectivity index (χ3n) is 17.7. The lowest BCUT2D eigenvalue weighted by molar-refractivity contribution is 0.0197. The van der Waals surface area contributed by atoms with Crippen molar-refractivity contribution in [3.8, 4) is 11.4 Å². The van der Waals surface area contributed by atoms with E-state index in [1.165, 1.54) is 32.9 Å². The van der Waals surface area contributed by atoms with E-state index in [1.807, 2.05) is 154 Å². The third kappa shape index (κ3) is 26.7. The van der Waals surface area contributed by atoms with Crippen molar-refractivity contribution in [3.63, 3.8) is 0 Å². The number of carbonyl (C=O) groups excluding carboxylic acids is 5. The molecule has 0 bridgehead atoms. The number of hydrogen-bond acceptors (Lipinski definition) is 18. The van der Waals surface area contributed by atoms with Crippen LogP contribution in [0.2, 0.25) is 51.0 Å². The molecule has 0 unspecified atom stereocenters. The number of hydrogen-bond donors (Lipinski definition) is 6. The number of fused-ring (bicyclic) bond motifs is 2. The lowest BCUT2D eigenvalue weighted by atomic mass is 10.0. The molecule has 8 heterocycles. The van der Waals surface area contributed by atoms with Crippen LogP contribution in [0.1, 0.15) is 177 Å². The van der Waals surface area contributed by atoms with E-state index in [2.05, 4.69) is 86.5 Å². The number of para-hydroxylation sites is 4. The predicted molar refractivity (Wildman–Crippen MR) is 480 cm³/mol. The highest BCUT2D eigenvalue weighted by molar-refractivity contribution is 6.44. The van der Waals surface area contributed by atoms with Crippen LogP contribution in [0.4, 0.5) is 31.6 Å². The standard InChI is InChI=1S/C26H31Cl2N5O3.C16H14Cl3N3O2.C16H13Cl2N3O2.C10H20N2O2.C9H13N.C6H3Cl3N2O/c1-15(2)17-9-7-8-10-20(17)33-23-18(13-19(27)21(28)29-23)22(30-24(33)34)32-12-11-31(14-16(32)3)25(35)36-26(4,5)6;1-8(2)9-5-3-4-6-12(9)20-16(24)22-15(23)10-7-11(17)14(19)21-13(10)18;1-8(2)9-5-3-4-6-12(9)21-14-10(15(22)20-16(21)23)7-11(17)13(18)19-14;1-8-7-12(6-5-11-8)9(13)14-10(2,3)4;1-7(2)8-5-3-4-6-9(8)10;7-3-1-2(6(10)12)4(8)11-5(3)9/h7-10,13,15-16H,11-12,14H2,1-6H3;3-8H,1-2H3,(H2,20,22,23,24);3-8H,1-2H3,(H,20,22,23);8,11H,5-7H2,1-4H3;3-7H,10H2,1-2H3;1H,(H2,10,12)/t16-;;;8-;;/m0..0../s1. The maximum absolute atomic E-state index is 13.5. The van der Waals surface area contributed by atoms with E-state index in [0.29, 0.717) is 65.5 Å². The fraction of sp³-hybridized carbons (Fsp3) is 0.361. The Morgan fingerprint density at radius 3 is 1.41 bits per heavy atom. The number of ether oxygens (including phenoxy) is 2. The Hall–Kier alpha value is -9.03. The van der Waals surface area contributed by atoms with Crippen molar-refractivity contribution in [1.82, 2.24) is 59.5 Å². The monoisotopic (exact) mass is 1820 g/mol. The highest BCUT2D eigenvalue weighted by Gasteiger charge is 2.34. The summed E-state index contributed by atoms with van der Waals surface area (Å²) in [5.41, 5.74) is 15.7. The number of urea groups is 1. The van der Waals surface area contributed by atoms with Gasteiger partial charge in [0, 0.05) is 62.7 Å². The molecule has 6 aromatic heterocycles. The number of aromatic amines is 1. The summed E-state index contributed by atoms with van der Waals surface area (Å²) in [6.45, 7) is 35.3. The molecular formula is C83H94Cl10N16O10. The number of primary amides is 1. The number of carbonyl (C=O) groups is 5. The number of nitrogen functional groups attached to an aromatic ring is 1. The van der Waals surface area contributed by atoms with Gasteiger partial charge in [-0.25, -0.2) is 53.0 Å². The zero-order valence-electron chi connectivity index (χ0n) is 68.2. The van der Waals surface area contributed by atoms with Gasteiger partial charge in [-0.1, -0.05) is 244 Å². The van der Waals surface area contributed by atoms with Gasteiger partial charge in [0.25, 0.3) is 17.4 Å². The minimum absolute atomic E-state index is 0.0199. The maximum atomic E-state index is 13.5. The van der Waals surface area contributed by atoms with Gasteiger partial charge in [-0.3, -0.25) is 24.7 Å². The number of halogens is 10. The summed E-state index contributed by atoms with van der Waals surface area (Å²) in [6, 6.07) is 35.7. The van der Waals surface area contributed by atoms with Crippen molar-refractivity contribution >= 4 is 185 Å². The molecule has 12 rings (SSSR count). The van der Waals surface area contributed by atoms with Crippen molar-refractivity contribution in [2.45, 2.75) is 158 Å². The highest BCUT2D eigenvalue weighted by Crippen LogP contribution is 2.36. The number of rotatable bonds is 10. The first-order valence-electron chi connectivity index (χ1n) is 37.5. The second kappa shape index (κ2) is 43.0. The molecule has 4 aromatic carbocycles. The molecule has 0 saturated carbocycles. The number of anilines is 3. The summed E-state index contributed by atoms with van der Waals surface area (Å²) in [5, 5.41) is 9.57. The average molecular weight is 1830 g/mol. The Bertz CT molecular complexity index is 5540. The molecule has 2 aliphatic heterocycles. The van der Waals surface area contributed by atoms with Gasteiger partial charge in [-0.15, -0.1) is 0 Å². The van der Waals surface area contributed by atoms with Crippen molar-refractivity contribution in [1.29, 1.82) is 0 Å². The Morgan fingerprint density at radius 1 is 0.504 bits per heavy atom. The highest BCUT2D eigenvalue weighted by atomic mass is 35.5. The van der Waals surface area contributed by atoms with Crippen molar-refractivity contribution in [2.24, 2.45) is 5.73 Å². The summed E-state index contributed by atoms with van der Waals surface area (Å²) in [5.74, 6) is 0.147. The first kappa shape index (κ1) is 97.1. The Morgan fingerprint density at radius 2 is 0.933 bits per heavy atom. The molecule has 2 saturated heterocycles. The maximum Gasteiger partial charge on any atom is 0.410 e. The fourth-order valence-corrected chi connectivity index (χ4v) is 13.8. The van der Waals surface area contributed by atoms with Gasteiger partial charge >= 0.3 is 29.6 Å². The summed E-state index contributed by atoms with van der Waals surface area (Å²) < 4.78 is 13.7. The number of aromatic nitrogens is 8. The molecule has 8 N–H and O–H groups in total. The predicted octanol–water partition coefficient (Wildman–Crippen LogP) is 20.0. The molecular weight excluding hydrogens is 1740 g/mol. The summed E-state index contributed by atoms with van der Waals surface area (Å²) in [4.78, 5) is 125. The van der Waals surface area contributed by atoms with Crippen molar-refractivity contribution in [3.05, 3.63) is 237 Å². The fourth-order valence-electron chi connectivity index (χ4n) is 12.1. The van der Waals surface area contributed by atoms with Crippen molar-refractivity contribution in [2.75, 3.05) is 55.2 Å². The molecule has 0 spiro atoms. The van der Waals surface area contributed by atoms with Crippen LogP contribution in [0.3, 0.4) is 0 Å².